The SMILES string of the molecule is O=C(O)[C@@H]1C=C2c3cc(Br)ccc3N3C(=O)C[C@H]4CC[C@@H]1[C@H]4[C@H]23. The highest BCUT2D eigenvalue weighted by Crippen LogP contribution is 2.59. The Morgan fingerprint density at radius 1 is 1.30 bits per heavy atom. The third-order valence-corrected chi connectivity index (χ3v) is 6.70. The van der Waals surface area contributed by atoms with Crippen molar-refractivity contribution in [3.05, 3.63) is 34.3 Å². The maximum atomic E-state index is 12.7. The van der Waals surface area contributed by atoms with Gasteiger partial charge in [0, 0.05) is 16.5 Å². The van der Waals surface area contributed by atoms with Gasteiger partial charge in [-0.3, -0.25) is 9.59 Å². The van der Waals surface area contributed by atoms with Crippen LogP contribution in [0.4, 0.5) is 5.69 Å². The molecule has 23 heavy (non-hydrogen) atoms. The lowest BCUT2D eigenvalue weighted by molar-refractivity contribution is -0.142. The molecule has 2 heterocycles. The molecule has 1 saturated carbocycles. The van der Waals surface area contributed by atoms with Crippen molar-refractivity contribution in [2.24, 2.45) is 23.7 Å². The molecule has 0 unspecified atom stereocenters. The second-order valence-corrected chi connectivity index (χ2v) is 8.05. The molecule has 0 spiro atoms. The van der Waals surface area contributed by atoms with Crippen molar-refractivity contribution in [3.8, 4) is 0 Å². The zero-order valence-corrected chi connectivity index (χ0v) is 14.0. The standard InChI is InChI=1S/C18H16BrNO3/c19-9-2-4-14-11(6-9)12-7-13(18(22)23)10-3-1-8-5-15(21)20(14)17(12)16(8)10/h2,4,6-8,10,13,16-17H,1,3,5H2,(H,22,23)/t8-,10+,13-,16+,17+/m1/s1. The van der Waals surface area contributed by atoms with Crippen LogP contribution < -0.4 is 4.90 Å². The van der Waals surface area contributed by atoms with Crippen molar-refractivity contribution < 1.29 is 14.7 Å². The van der Waals surface area contributed by atoms with Crippen LogP contribution in [0.5, 0.6) is 0 Å². The monoisotopic (exact) mass is 373 g/mol. The first kappa shape index (κ1) is 13.8. The van der Waals surface area contributed by atoms with Gasteiger partial charge >= 0.3 is 5.97 Å². The van der Waals surface area contributed by atoms with Gasteiger partial charge in [-0.1, -0.05) is 22.0 Å². The molecule has 5 heteroatoms. The van der Waals surface area contributed by atoms with E-state index in [-0.39, 0.29) is 17.9 Å². The molecule has 2 aliphatic carbocycles. The first-order valence-corrected chi connectivity index (χ1v) is 8.92. The summed E-state index contributed by atoms with van der Waals surface area (Å²) in [5.74, 6) is -0.154. The van der Waals surface area contributed by atoms with Crippen molar-refractivity contribution in [2.45, 2.75) is 25.3 Å². The minimum Gasteiger partial charge on any atom is -0.481 e. The summed E-state index contributed by atoms with van der Waals surface area (Å²) < 4.78 is 0.960. The minimum absolute atomic E-state index is 0.0497. The molecule has 118 valence electrons. The van der Waals surface area contributed by atoms with E-state index < -0.39 is 11.9 Å². The van der Waals surface area contributed by atoms with Crippen molar-refractivity contribution in [3.63, 3.8) is 0 Å². The third kappa shape index (κ3) is 1.66. The quantitative estimate of drug-likeness (QED) is 0.821. The van der Waals surface area contributed by atoms with Crippen LogP contribution in [-0.2, 0) is 9.59 Å². The number of carboxylic acid groups (broad SMARTS) is 1. The maximum Gasteiger partial charge on any atom is 0.310 e. The number of nitrogens with zero attached hydrogens (tertiary/aromatic N) is 1. The molecule has 1 saturated heterocycles. The topological polar surface area (TPSA) is 57.6 Å². The lowest BCUT2D eigenvalue weighted by Crippen LogP contribution is -2.53. The Balaban J connectivity index is 1.77. The number of fused-ring (bicyclic) bond motifs is 3. The molecule has 1 amide bonds. The highest BCUT2D eigenvalue weighted by Gasteiger charge is 2.58. The summed E-state index contributed by atoms with van der Waals surface area (Å²) in [6, 6.07) is 6.01. The molecule has 2 aliphatic heterocycles. The van der Waals surface area contributed by atoms with Crippen molar-refractivity contribution in [1.29, 1.82) is 0 Å². The number of carbonyl (C=O) groups is 2. The molecule has 1 aromatic carbocycles. The van der Waals surface area contributed by atoms with Gasteiger partial charge < -0.3 is 10.0 Å². The number of carbonyl (C=O) groups excluding carboxylic acids is 1. The first-order valence-electron chi connectivity index (χ1n) is 8.13. The Morgan fingerprint density at radius 3 is 2.91 bits per heavy atom. The van der Waals surface area contributed by atoms with Crippen molar-refractivity contribution >= 4 is 39.1 Å². The van der Waals surface area contributed by atoms with E-state index in [1.54, 1.807) is 0 Å². The number of hydrogen-bond acceptors (Lipinski definition) is 2. The highest BCUT2D eigenvalue weighted by molar-refractivity contribution is 9.10. The largest absolute Gasteiger partial charge is 0.481 e. The van der Waals surface area contributed by atoms with Gasteiger partial charge in [0.05, 0.1) is 17.6 Å². The molecule has 5 rings (SSSR count). The summed E-state index contributed by atoms with van der Waals surface area (Å²) in [6.07, 6.45) is 4.40. The summed E-state index contributed by atoms with van der Waals surface area (Å²) >= 11 is 3.50. The van der Waals surface area contributed by atoms with Gasteiger partial charge in [0.15, 0.2) is 0 Å². The maximum absolute atomic E-state index is 12.7. The van der Waals surface area contributed by atoms with E-state index >= 15 is 0 Å². The molecule has 5 atom stereocenters. The predicted molar refractivity (Wildman–Crippen MR) is 88.8 cm³/mol. The van der Waals surface area contributed by atoms with E-state index in [0.717, 1.165) is 34.1 Å². The van der Waals surface area contributed by atoms with Crippen molar-refractivity contribution in [2.75, 3.05) is 4.90 Å². The third-order valence-electron chi connectivity index (χ3n) is 6.21. The fraction of sp³-hybridized carbons (Fsp3) is 0.444. The number of hydrogen-bond donors (Lipinski definition) is 1. The fourth-order valence-electron chi connectivity index (χ4n) is 5.44. The summed E-state index contributed by atoms with van der Waals surface area (Å²) in [6.45, 7) is 0. The van der Waals surface area contributed by atoms with Crippen LogP contribution >= 0.6 is 15.9 Å². The first-order chi connectivity index (χ1) is 11.1. The molecule has 2 fully saturated rings. The van der Waals surface area contributed by atoms with E-state index in [1.165, 1.54) is 0 Å². The molecule has 0 radical (unpaired) electrons. The average Bonchev–Trinajstić information content (AvgIpc) is 3.05. The van der Waals surface area contributed by atoms with E-state index in [2.05, 4.69) is 15.9 Å². The van der Waals surface area contributed by atoms with Gasteiger partial charge in [-0.25, -0.2) is 0 Å². The van der Waals surface area contributed by atoms with Gasteiger partial charge in [0.2, 0.25) is 5.91 Å². The lowest BCUT2D eigenvalue weighted by atomic mass is 9.67. The van der Waals surface area contributed by atoms with Crippen LogP contribution in [0.25, 0.3) is 5.57 Å². The minimum atomic E-state index is -0.728. The number of anilines is 1. The highest BCUT2D eigenvalue weighted by atomic mass is 79.9. The number of piperidine rings is 1. The molecule has 0 bridgehead atoms. The second kappa shape index (κ2) is 4.47. The Hall–Kier alpha value is -1.62. The Kier molecular flexibility index (Phi) is 2.68. The number of halogens is 1. The van der Waals surface area contributed by atoms with Gasteiger partial charge in [0.1, 0.15) is 0 Å². The van der Waals surface area contributed by atoms with Crippen LogP contribution in [0, 0.1) is 23.7 Å². The number of amides is 1. The zero-order valence-electron chi connectivity index (χ0n) is 12.4. The molecule has 1 aromatic rings. The molecule has 4 aliphatic rings. The van der Waals surface area contributed by atoms with Crippen LogP contribution in [-0.4, -0.2) is 23.0 Å². The number of aliphatic carboxylic acids is 1. The van der Waals surface area contributed by atoms with E-state index in [4.69, 9.17) is 0 Å². The van der Waals surface area contributed by atoms with Crippen LogP contribution in [0.15, 0.2) is 28.7 Å². The number of benzene rings is 1. The number of carboxylic acids is 1. The average molecular weight is 374 g/mol. The Labute approximate surface area is 142 Å². The molecular formula is C18H16BrNO3. The van der Waals surface area contributed by atoms with E-state index in [0.29, 0.717) is 18.3 Å². The van der Waals surface area contributed by atoms with E-state index in [1.807, 2.05) is 29.2 Å². The summed E-state index contributed by atoms with van der Waals surface area (Å²) in [5.41, 5.74) is 3.02. The van der Waals surface area contributed by atoms with E-state index in [9.17, 15) is 14.7 Å². The van der Waals surface area contributed by atoms with Gasteiger partial charge in [-0.15, -0.1) is 0 Å². The Bertz CT molecular complexity index is 786. The summed E-state index contributed by atoms with van der Waals surface area (Å²) in [7, 11) is 0. The smallest absolute Gasteiger partial charge is 0.310 e. The molecule has 1 N–H and O–H groups in total. The summed E-state index contributed by atoms with van der Waals surface area (Å²) in [5, 5.41) is 9.70. The lowest BCUT2D eigenvalue weighted by Gasteiger charge is -2.45. The van der Waals surface area contributed by atoms with Gasteiger partial charge in [-0.05, 0) is 54.4 Å². The van der Waals surface area contributed by atoms with Gasteiger partial charge in [0.25, 0.3) is 0 Å². The predicted octanol–water partition coefficient (Wildman–Crippen LogP) is 3.31. The van der Waals surface area contributed by atoms with Crippen LogP contribution in [0.3, 0.4) is 0 Å². The fourth-order valence-corrected chi connectivity index (χ4v) is 5.80. The molecular weight excluding hydrogens is 358 g/mol. The Morgan fingerprint density at radius 2 is 2.13 bits per heavy atom. The van der Waals surface area contributed by atoms with Crippen LogP contribution in [0.1, 0.15) is 24.8 Å². The van der Waals surface area contributed by atoms with Gasteiger partial charge in [-0.2, -0.15) is 0 Å². The normalized spacial score (nSPS) is 36.6. The zero-order chi connectivity index (χ0) is 15.9. The molecule has 0 aromatic heterocycles. The summed E-state index contributed by atoms with van der Waals surface area (Å²) in [4.78, 5) is 26.5. The van der Waals surface area contributed by atoms with Crippen LogP contribution in [0.2, 0.25) is 0 Å². The number of rotatable bonds is 1. The van der Waals surface area contributed by atoms with Crippen molar-refractivity contribution in [1.82, 2.24) is 0 Å². The molecule has 4 nitrogen and oxygen atoms in total. The second-order valence-electron chi connectivity index (χ2n) is 7.14.